The zero-order chi connectivity index (χ0) is 46.9. The van der Waals surface area contributed by atoms with Crippen molar-refractivity contribution < 1.29 is 29.3 Å². The van der Waals surface area contributed by atoms with E-state index >= 15 is 0 Å². The molecule has 0 saturated carbocycles. The second-order valence-electron chi connectivity index (χ2n) is 15.5. The van der Waals surface area contributed by atoms with Crippen LogP contribution in [0.5, 0.6) is 0 Å². The number of nitro groups is 2. The summed E-state index contributed by atoms with van der Waals surface area (Å²) in [5.74, 6) is -1.66. The van der Waals surface area contributed by atoms with Gasteiger partial charge in [0.2, 0.25) is 11.6 Å². The van der Waals surface area contributed by atoms with Crippen molar-refractivity contribution in [3.63, 3.8) is 0 Å². The number of carbonyl (C=O) groups excluding carboxylic acids is 1. The molecule has 5 N–H and O–H groups in total. The highest BCUT2D eigenvalue weighted by Crippen LogP contribution is 2.35. The summed E-state index contributed by atoms with van der Waals surface area (Å²) >= 11 is 24.6. The van der Waals surface area contributed by atoms with Crippen LogP contribution >= 0.6 is 46.4 Å². The first kappa shape index (κ1) is 48.8. The second-order valence-corrected chi connectivity index (χ2v) is 17.2. The molecule has 336 valence electrons. The number of unbranched alkanes of at least 4 members (excludes halogenated alkanes) is 2. The maximum Gasteiger partial charge on any atom is 0.340 e. The number of ether oxygens (including phenoxy) is 1. The second kappa shape index (κ2) is 21.5. The third-order valence-corrected chi connectivity index (χ3v) is 10.7. The number of carboxylic acids is 1. The van der Waals surface area contributed by atoms with Crippen LogP contribution in [0.2, 0.25) is 20.1 Å². The van der Waals surface area contributed by atoms with Crippen molar-refractivity contribution in [1.82, 2.24) is 19.1 Å². The quantitative estimate of drug-likeness (QED) is 0.0355. The molecule has 0 fully saturated rings. The fourth-order valence-electron chi connectivity index (χ4n) is 6.59. The van der Waals surface area contributed by atoms with Crippen molar-refractivity contribution >= 4 is 81.4 Å². The van der Waals surface area contributed by atoms with Gasteiger partial charge in [-0.2, -0.15) is 0 Å². The van der Waals surface area contributed by atoms with Gasteiger partial charge in [0.1, 0.15) is 5.60 Å². The Morgan fingerprint density at radius 3 is 1.45 bits per heavy atom. The minimum Gasteiger partial charge on any atom is -0.478 e. The smallest absolute Gasteiger partial charge is 0.340 e. The van der Waals surface area contributed by atoms with Gasteiger partial charge in [-0.3, -0.25) is 20.2 Å². The van der Waals surface area contributed by atoms with Crippen molar-refractivity contribution in [3.8, 4) is 22.3 Å². The Kier molecular flexibility index (Phi) is 16.4. The number of halogens is 4. The number of benzene rings is 2. The van der Waals surface area contributed by atoms with E-state index in [0.717, 1.165) is 25.7 Å². The van der Waals surface area contributed by atoms with Crippen molar-refractivity contribution in [2.45, 2.75) is 78.0 Å². The number of aromatic nitrogens is 4. The van der Waals surface area contributed by atoms with E-state index in [2.05, 4.69) is 9.97 Å². The van der Waals surface area contributed by atoms with E-state index in [1.807, 2.05) is 31.5 Å². The number of anilines is 2. The highest BCUT2D eigenvalue weighted by molar-refractivity contribution is 6.37. The van der Waals surface area contributed by atoms with Crippen molar-refractivity contribution in [2.75, 3.05) is 11.5 Å². The Morgan fingerprint density at radius 1 is 0.656 bits per heavy atom. The van der Waals surface area contributed by atoms with Gasteiger partial charge in [-0.1, -0.05) is 58.5 Å². The number of esters is 1. The van der Waals surface area contributed by atoms with Crippen molar-refractivity contribution in [1.29, 1.82) is 0 Å². The van der Waals surface area contributed by atoms with Crippen LogP contribution in [0.4, 0.5) is 23.0 Å². The van der Waals surface area contributed by atoms with E-state index in [4.69, 9.17) is 62.6 Å². The van der Waals surface area contributed by atoms with Crippen LogP contribution in [-0.2, 0) is 30.7 Å². The van der Waals surface area contributed by atoms with Gasteiger partial charge in [-0.15, -0.1) is 0 Å². The number of nitrogens with zero attached hydrogens (tertiary/aromatic N) is 6. The molecule has 0 unspecified atom stereocenters. The summed E-state index contributed by atoms with van der Waals surface area (Å²) in [4.78, 5) is 53.3. The van der Waals surface area contributed by atoms with Crippen molar-refractivity contribution in [3.05, 3.63) is 148 Å². The predicted octanol–water partition coefficient (Wildman–Crippen LogP) is 11.4. The summed E-state index contributed by atoms with van der Waals surface area (Å²) in [5.41, 5.74) is 14.7. The Bertz CT molecular complexity index is 2700. The number of pyridine rings is 2. The average Bonchev–Trinajstić information content (AvgIpc) is 3.83. The monoisotopic (exact) mass is 952 g/mol. The first-order valence-electron chi connectivity index (χ1n) is 19.8. The minimum atomic E-state index is -1.04. The molecule has 6 aromatic rings. The molecule has 20 heteroatoms. The van der Waals surface area contributed by atoms with Gasteiger partial charge in [0.25, 0.3) is 0 Å². The summed E-state index contributed by atoms with van der Waals surface area (Å²) in [6.07, 6.45) is 11.2. The largest absolute Gasteiger partial charge is 0.478 e. The molecule has 0 aliphatic rings. The molecule has 0 bridgehead atoms. The molecular weight excluding hydrogens is 910 g/mol. The lowest BCUT2D eigenvalue weighted by Crippen LogP contribution is -2.24. The number of rotatable bonds is 16. The third-order valence-electron chi connectivity index (χ3n) is 9.56. The summed E-state index contributed by atoms with van der Waals surface area (Å²) < 4.78 is 9.33. The van der Waals surface area contributed by atoms with Crippen LogP contribution in [0.25, 0.3) is 22.3 Å². The van der Waals surface area contributed by atoms with Gasteiger partial charge in [0.05, 0.1) is 21.0 Å². The summed E-state index contributed by atoms with van der Waals surface area (Å²) in [6, 6.07) is 16.0. The Hall–Kier alpha value is -6.20. The van der Waals surface area contributed by atoms with E-state index in [-0.39, 0.29) is 28.6 Å². The van der Waals surface area contributed by atoms with E-state index in [9.17, 15) is 34.9 Å². The molecule has 4 heterocycles. The Balaban J connectivity index is 0.000000243. The predicted molar refractivity (Wildman–Crippen MR) is 248 cm³/mol. The molecule has 0 radical (unpaired) electrons. The number of aryl methyl sites for hydroxylation is 4. The normalized spacial score (nSPS) is 11.2. The maximum atomic E-state index is 12.9. The van der Waals surface area contributed by atoms with Crippen LogP contribution in [0.15, 0.2) is 85.5 Å². The standard InChI is InChI=1S/C24H26Cl2N4O4.C20H18Cl2N4O4/c1-24(2,3)34-23(31)19-14-29(13-18(19)17-9-7-15(25)12-20(17)26)11-5-4-6-16-8-10-21(30(32)33)22(27)28-16;21-12-4-6-14(17(22)9-12)15-10-25(11-16(15)20(27)28)8-2-1-3-13-5-7-18(26(29)30)19(23)24-13/h7-10,12-14H,4-6,11H2,1-3H3,(H2,27,28);4-7,9-11H,1-3,8H2,(H2,23,24)(H,27,28). The van der Waals surface area contributed by atoms with Gasteiger partial charge in [-0.25, -0.2) is 19.6 Å². The molecule has 0 spiro atoms. The van der Waals surface area contributed by atoms with Gasteiger partial charge in [0, 0.05) is 104 Å². The molecule has 0 aliphatic heterocycles. The molecule has 0 amide bonds. The lowest BCUT2D eigenvalue weighted by atomic mass is 10.0. The van der Waals surface area contributed by atoms with Crippen LogP contribution in [0.1, 0.15) is 78.6 Å². The van der Waals surface area contributed by atoms with Crippen LogP contribution in [0.3, 0.4) is 0 Å². The van der Waals surface area contributed by atoms with Crippen molar-refractivity contribution in [2.24, 2.45) is 0 Å². The fraction of sp³-hybridized carbons (Fsp3) is 0.273. The van der Waals surface area contributed by atoms with E-state index < -0.39 is 27.4 Å². The number of hydrogen-bond donors (Lipinski definition) is 3. The Labute approximate surface area is 388 Å². The summed E-state index contributed by atoms with van der Waals surface area (Å²) in [5, 5.41) is 33.0. The molecule has 16 nitrogen and oxygen atoms in total. The average molecular weight is 955 g/mol. The maximum absolute atomic E-state index is 12.9. The summed E-state index contributed by atoms with van der Waals surface area (Å²) in [6.45, 7) is 6.68. The number of nitrogen functional groups attached to an aromatic ring is 2. The number of nitrogens with two attached hydrogens (primary N) is 2. The molecule has 0 atom stereocenters. The molecule has 0 saturated heterocycles. The lowest BCUT2D eigenvalue weighted by molar-refractivity contribution is -0.384. The zero-order valence-corrected chi connectivity index (χ0v) is 37.9. The van der Waals surface area contributed by atoms with Gasteiger partial charge < -0.3 is 30.4 Å². The van der Waals surface area contributed by atoms with Gasteiger partial charge in [0.15, 0.2) is 0 Å². The number of hydrogen-bond acceptors (Lipinski definition) is 11. The molecule has 2 aromatic carbocycles. The van der Waals surface area contributed by atoms with Crippen LogP contribution in [0, 0.1) is 20.2 Å². The number of carboxylic acid groups (broad SMARTS) is 1. The van der Waals surface area contributed by atoms with E-state index in [1.54, 1.807) is 71.7 Å². The lowest BCUT2D eigenvalue weighted by Gasteiger charge is -2.19. The highest BCUT2D eigenvalue weighted by atomic mass is 35.5. The SMILES string of the molecule is CC(C)(C)OC(=O)c1cn(CCCCc2ccc([N+](=O)[O-])c(N)n2)cc1-c1ccc(Cl)cc1Cl.Nc1nc(CCCCn2cc(C(=O)O)c(-c3ccc(Cl)cc3Cl)c2)ccc1[N+](=O)[O-]. The zero-order valence-electron chi connectivity index (χ0n) is 34.9. The molecule has 6 rings (SSSR count). The number of aromatic carboxylic acids is 1. The summed E-state index contributed by atoms with van der Waals surface area (Å²) in [7, 11) is 0. The third kappa shape index (κ3) is 13.2. The fourth-order valence-corrected chi connectivity index (χ4v) is 7.61. The van der Waals surface area contributed by atoms with Crippen LogP contribution < -0.4 is 11.5 Å². The first-order chi connectivity index (χ1) is 30.2. The van der Waals surface area contributed by atoms with Gasteiger partial charge in [-0.05, 0) is 95.7 Å². The highest BCUT2D eigenvalue weighted by Gasteiger charge is 2.24. The minimum absolute atomic E-state index is 0.0839. The topological polar surface area (TPSA) is 238 Å². The Morgan fingerprint density at radius 2 is 1.08 bits per heavy atom. The number of carbonyl (C=O) groups is 2. The van der Waals surface area contributed by atoms with E-state index in [0.29, 0.717) is 85.2 Å². The van der Waals surface area contributed by atoms with Crippen LogP contribution in [-0.4, -0.2) is 51.6 Å². The first-order valence-corrected chi connectivity index (χ1v) is 21.3. The molecular formula is C44H44Cl4N8O8. The molecule has 4 aromatic heterocycles. The van der Waals surface area contributed by atoms with E-state index in [1.165, 1.54) is 12.1 Å². The van der Waals surface area contributed by atoms with Gasteiger partial charge >= 0.3 is 23.3 Å². The molecule has 64 heavy (non-hydrogen) atoms. The molecule has 0 aliphatic carbocycles.